The average Bonchev–Trinajstić information content (AvgIpc) is 3.23. The Kier molecular flexibility index (Phi) is 3.61. The molecule has 0 aliphatic carbocycles. The molecule has 2 heterocycles. The lowest BCUT2D eigenvalue weighted by Crippen LogP contribution is -2.05. The molecule has 7 heteroatoms. The Balaban J connectivity index is 2.11. The van der Waals surface area contributed by atoms with E-state index in [-0.39, 0.29) is 0 Å². The molecule has 0 bridgehead atoms. The summed E-state index contributed by atoms with van der Waals surface area (Å²) >= 11 is 0. The topological polar surface area (TPSA) is 83.9 Å². The van der Waals surface area contributed by atoms with E-state index in [9.17, 15) is 13.6 Å². The number of H-pyrrole nitrogens is 2. The normalized spacial score (nSPS) is 12.1. The second-order valence-electron chi connectivity index (χ2n) is 6.81. The van der Waals surface area contributed by atoms with Crippen molar-refractivity contribution in [3.8, 4) is 5.75 Å². The van der Waals surface area contributed by atoms with Crippen molar-refractivity contribution in [3.63, 3.8) is 0 Å². The van der Waals surface area contributed by atoms with Gasteiger partial charge in [0.15, 0.2) is 5.75 Å². The molecule has 0 saturated heterocycles. The Morgan fingerprint density at radius 2 is 1.48 bits per heavy atom. The summed E-state index contributed by atoms with van der Waals surface area (Å²) in [6.45, 7) is 0. The van der Waals surface area contributed by atoms with E-state index in [2.05, 4.69) is 9.97 Å². The molecule has 0 atom stereocenters. The monoisotopic (exact) mass is 391 g/mol. The van der Waals surface area contributed by atoms with E-state index >= 15 is 0 Å². The quantitative estimate of drug-likeness (QED) is 0.388. The number of aromatic amines is 2. The van der Waals surface area contributed by atoms with Gasteiger partial charge in [0.1, 0.15) is 11.6 Å². The number of halogens is 2. The summed E-state index contributed by atoms with van der Waals surface area (Å²) in [5, 5.41) is 2.56. The largest absolute Gasteiger partial charge is 0.492 e. The zero-order valence-corrected chi connectivity index (χ0v) is 15.3. The summed E-state index contributed by atoms with van der Waals surface area (Å²) in [7, 11) is 1.53. The van der Waals surface area contributed by atoms with E-state index < -0.39 is 17.5 Å². The van der Waals surface area contributed by atoms with Crippen LogP contribution in [0.15, 0.2) is 42.5 Å². The third-order valence-corrected chi connectivity index (χ3v) is 5.13. The van der Waals surface area contributed by atoms with E-state index in [1.807, 2.05) is 0 Å². The van der Waals surface area contributed by atoms with Crippen LogP contribution in [-0.4, -0.2) is 23.0 Å². The zero-order valence-electron chi connectivity index (χ0n) is 15.3. The number of rotatable bonds is 3. The minimum Gasteiger partial charge on any atom is -0.492 e. The van der Waals surface area contributed by atoms with Gasteiger partial charge in [0.2, 0.25) is 5.91 Å². The van der Waals surface area contributed by atoms with Gasteiger partial charge in [-0.2, -0.15) is 0 Å². The number of hydrogen-bond acceptors (Lipinski definition) is 2. The fourth-order valence-electron chi connectivity index (χ4n) is 4.01. The molecule has 3 aromatic carbocycles. The smallest absolute Gasteiger partial charge is 0.241 e. The van der Waals surface area contributed by atoms with Crippen LogP contribution in [0.3, 0.4) is 0 Å². The van der Waals surface area contributed by atoms with Crippen molar-refractivity contribution in [2.75, 3.05) is 7.11 Å². The number of amides is 1. The Bertz CT molecular complexity index is 1400. The van der Waals surface area contributed by atoms with Crippen LogP contribution in [0.4, 0.5) is 8.78 Å². The molecule has 4 N–H and O–H groups in total. The van der Waals surface area contributed by atoms with Gasteiger partial charge in [-0.25, -0.2) is 8.78 Å². The van der Waals surface area contributed by atoms with Crippen molar-refractivity contribution < 1.29 is 18.3 Å². The first-order chi connectivity index (χ1) is 14.0. The van der Waals surface area contributed by atoms with Crippen molar-refractivity contribution in [1.29, 1.82) is 0 Å². The van der Waals surface area contributed by atoms with Crippen LogP contribution in [-0.2, 0) is 4.79 Å². The number of primary amides is 1. The highest BCUT2D eigenvalue weighted by atomic mass is 19.1. The van der Waals surface area contributed by atoms with E-state index in [0.29, 0.717) is 54.9 Å². The fraction of sp³-hybridized carbons (Fsp3) is 0.0455. The van der Waals surface area contributed by atoms with Gasteiger partial charge in [-0.1, -0.05) is 0 Å². The summed E-state index contributed by atoms with van der Waals surface area (Å²) in [6.07, 6.45) is 2.81. The molecule has 0 aliphatic heterocycles. The predicted molar refractivity (Wildman–Crippen MR) is 110 cm³/mol. The maximum absolute atomic E-state index is 14.0. The molecule has 1 amide bonds. The highest BCUT2D eigenvalue weighted by molar-refractivity contribution is 6.26. The van der Waals surface area contributed by atoms with Gasteiger partial charge in [-0.3, -0.25) is 4.79 Å². The van der Waals surface area contributed by atoms with Crippen LogP contribution in [0.5, 0.6) is 5.75 Å². The lowest BCUT2D eigenvalue weighted by Gasteiger charge is -2.09. The van der Waals surface area contributed by atoms with Crippen molar-refractivity contribution in [2.24, 2.45) is 5.73 Å². The van der Waals surface area contributed by atoms with Crippen molar-refractivity contribution >= 4 is 55.6 Å². The van der Waals surface area contributed by atoms with Gasteiger partial charge in [0.25, 0.3) is 0 Å². The molecule has 5 aromatic rings. The maximum atomic E-state index is 14.0. The molecule has 5 nitrogen and oxygen atoms in total. The number of nitrogens with one attached hydrogen (secondary N) is 2. The zero-order chi connectivity index (χ0) is 20.3. The lowest BCUT2D eigenvalue weighted by molar-refractivity contribution is -0.113. The number of benzene rings is 3. The molecule has 5 rings (SSSR count). The summed E-state index contributed by atoms with van der Waals surface area (Å²) in [4.78, 5) is 18.0. The van der Waals surface area contributed by atoms with Gasteiger partial charge >= 0.3 is 0 Å². The fourth-order valence-corrected chi connectivity index (χ4v) is 4.01. The molecule has 0 aliphatic rings. The molecule has 29 heavy (non-hydrogen) atoms. The number of aromatic nitrogens is 2. The number of fused-ring (bicyclic) bond motifs is 6. The van der Waals surface area contributed by atoms with Gasteiger partial charge in [-0.05, 0) is 48.0 Å². The minimum atomic E-state index is -0.626. The summed E-state index contributed by atoms with van der Waals surface area (Å²) in [6, 6.07) is 8.82. The van der Waals surface area contributed by atoms with E-state index in [1.165, 1.54) is 37.5 Å². The predicted octanol–water partition coefficient (Wildman–Crippen LogP) is 4.74. The Hall–Kier alpha value is -3.87. The number of carbonyl (C=O) groups is 1. The highest BCUT2D eigenvalue weighted by Crippen LogP contribution is 2.44. The van der Waals surface area contributed by atoms with E-state index in [4.69, 9.17) is 10.5 Å². The molecule has 0 fully saturated rings. The second-order valence-corrected chi connectivity index (χ2v) is 6.81. The van der Waals surface area contributed by atoms with Crippen molar-refractivity contribution in [2.45, 2.75) is 0 Å². The number of nitrogens with two attached hydrogens (primary N) is 1. The molecule has 0 saturated carbocycles. The van der Waals surface area contributed by atoms with Gasteiger partial charge in [0.05, 0.1) is 18.1 Å². The molecular formula is C22H15F2N3O2. The molecule has 0 spiro atoms. The van der Waals surface area contributed by atoms with Gasteiger partial charge in [-0.15, -0.1) is 0 Å². The number of ether oxygens (including phenoxy) is 1. The molecule has 0 radical (unpaired) electrons. The number of hydrogen-bond donors (Lipinski definition) is 3. The van der Waals surface area contributed by atoms with Crippen molar-refractivity contribution in [1.82, 2.24) is 9.97 Å². The van der Waals surface area contributed by atoms with Crippen molar-refractivity contribution in [3.05, 3.63) is 59.7 Å². The first-order valence-electron chi connectivity index (χ1n) is 8.87. The minimum absolute atomic E-state index is 0.396. The molecular weight excluding hydrogens is 376 g/mol. The molecule has 2 aromatic heterocycles. The third-order valence-electron chi connectivity index (χ3n) is 5.13. The maximum Gasteiger partial charge on any atom is 0.241 e. The summed E-state index contributed by atoms with van der Waals surface area (Å²) in [5.74, 6) is -0.905. The van der Waals surface area contributed by atoms with Gasteiger partial charge in [0, 0.05) is 38.7 Å². The number of carbonyl (C=O) groups excluding carboxylic acids is 1. The Morgan fingerprint density at radius 1 is 0.966 bits per heavy atom. The second kappa shape index (κ2) is 6.07. The Morgan fingerprint density at radius 3 is 1.93 bits per heavy atom. The SMILES string of the molecule is COc1c2[nH]c3ccc(F)cc3c2c(/C=C/C(N)=O)c2c1[nH]c1ccc(F)cc12. The van der Waals surface area contributed by atoms with Crippen LogP contribution < -0.4 is 10.5 Å². The van der Waals surface area contributed by atoms with Crippen LogP contribution >= 0.6 is 0 Å². The lowest BCUT2D eigenvalue weighted by atomic mass is 9.98. The van der Waals surface area contributed by atoms with E-state index in [1.54, 1.807) is 18.2 Å². The first kappa shape index (κ1) is 17.2. The average molecular weight is 391 g/mol. The third kappa shape index (κ3) is 2.47. The van der Waals surface area contributed by atoms with Crippen LogP contribution in [0.2, 0.25) is 0 Å². The summed E-state index contributed by atoms with van der Waals surface area (Å²) < 4.78 is 33.7. The van der Waals surface area contributed by atoms with E-state index in [0.717, 1.165) is 0 Å². The van der Waals surface area contributed by atoms with Crippen LogP contribution in [0, 0.1) is 11.6 Å². The number of methoxy groups -OCH3 is 1. The van der Waals surface area contributed by atoms with Gasteiger partial charge < -0.3 is 20.4 Å². The molecule has 144 valence electrons. The highest BCUT2D eigenvalue weighted by Gasteiger charge is 2.21. The standard InChI is InChI=1S/C22H15F2N3O2/c1-29-22-20-18(13-8-10(23)2-5-15(13)26-20)12(4-7-17(25)28)19-14-9-11(24)3-6-16(14)27-21(19)22/h2-9,26-27H,1H3,(H2,25,28)/b7-4+. The summed E-state index contributed by atoms with van der Waals surface area (Å²) in [5.41, 5.74) is 8.62. The first-order valence-corrected chi connectivity index (χ1v) is 8.87. The van der Waals surface area contributed by atoms with Crippen LogP contribution in [0.25, 0.3) is 49.7 Å². The Labute approximate surface area is 162 Å². The van der Waals surface area contributed by atoms with Crippen LogP contribution in [0.1, 0.15) is 5.56 Å². The molecule has 0 unspecified atom stereocenters.